The molecular weight excluding hydrogens is 356 g/mol. The molecule has 0 radical (unpaired) electrons. The molecule has 0 spiro atoms. The Balaban J connectivity index is 5.75. The molecule has 0 aliphatic carbocycles. The second-order valence-corrected chi connectivity index (χ2v) is 4.51. The SMILES string of the molecule is CC(=O)C(C(=O)OC(C)(N=[N+]=[N-])N=[N+]=[N-])C(=O)OC(C)(N=[N+]=[N-])N=[N+]=[N-]. The van der Waals surface area contributed by atoms with Gasteiger partial charge in [0.1, 0.15) is 0 Å². The molecule has 0 bridgehead atoms. The van der Waals surface area contributed by atoms with E-state index in [0.717, 1.165) is 20.8 Å². The first kappa shape index (κ1) is 21.9. The van der Waals surface area contributed by atoms with Crippen molar-refractivity contribution in [3.63, 3.8) is 0 Å². The molecule has 0 aliphatic rings. The molecule has 0 N–H and O–H groups in total. The summed E-state index contributed by atoms with van der Waals surface area (Å²) in [6, 6.07) is 0. The van der Waals surface area contributed by atoms with E-state index in [1.54, 1.807) is 0 Å². The summed E-state index contributed by atoms with van der Waals surface area (Å²) in [5, 5.41) is 11.8. The van der Waals surface area contributed by atoms with Crippen molar-refractivity contribution < 1.29 is 23.9 Å². The van der Waals surface area contributed by atoms with Crippen LogP contribution in [0, 0.1) is 5.92 Å². The predicted molar refractivity (Wildman–Crippen MR) is 79.7 cm³/mol. The van der Waals surface area contributed by atoms with Gasteiger partial charge in [0.25, 0.3) is 11.7 Å². The number of hydrogen-bond acceptors (Lipinski definition) is 9. The van der Waals surface area contributed by atoms with Crippen LogP contribution in [0.2, 0.25) is 0 Å². The highest BCUT2D eigenvalue weighted by Gasteiger charge is 2.41. The predicted octanol–water partition coefficient (Wildman–Crippen LogP) is 2.87. The second kappa shape index (κ2) is 9.22. The van der Waals surface area contributed by atoms with E-state index in [1.165, 1.54) is 0 Å². The molecule has 0 aromatic carbocycles. The third kappa shape index (κ3) is 6.16. The quantitative estimate of drug-likeness (QED) is 0.195. The van der Waals surface area contributed by atoms with Crippen molar-refractivity contribution in [1.82, 2.24) is 0 Å². The number of hydrogen-bond donors (Lipinski definition) is 0. The molecule has 0 aromatic rings. The average Bonchev–Trinajstić information content (AvgIpc) is 2.46. The first-order chi connectivity index (χ1) is 12.1. The zero-order valence-corrected chi connectivity index (χ0v) is 13.5. The number of esters is 2. The van der Waals surface area contributed by atoms with Crippen LogP contribution in [0.1, 0.15) is 20.8 Å². The number of ether oxygens (including phenoxy) is 2. The van der Waals surface area contributed by atoms with Crippen molar-refractivity contribution in [3.8, 4) is 0 Å². The van der Waals surface area contributed by atoms with Crippen LogP contribution >= 0.6 is 0 Å². The Morgan fingerprint density at radius 2 is 1.04 bits per heavy atom. The number of nitrogens with zero attached hydrogens (tertiary/aromatic N) is 12. The zero-order valence-electron chi connectivity index (χ0n) is 13.5. The van der Waals surface area contributed by atoms with Crippen LogP contribution in [0.5, 0.6) is 0 Å². The van der Waals surface area contributed by atoms with Crippen LogP contribution < -0.4 is 0 Å². The van der Waals surface area contributed by atoms with Crippen LogP contribution in [0.4, 0.5) is 0 Å². The number of carbonyl (C=O) groups excluding carboxylic acids is 3. The third-order valence-corrected chi connectivity index (χ3v) is 2.39. The van der Waals surface area contributed by atoms with Gasteiger partial charge in [0.2, 0.25) is 5.92 Å². The van der Waals surface area contributed by atoms with Gasteiger partial charge in [0.15, 0.2) is 5.78 Å². The van der Waals surface area contributed by atoms with E-state index in [-0.39, 0.29) is 0 Å². The van der Waals surface area contributed by atoms with Crippen molar-refractivity contribution in [1.29, 1.82) is 0 Å². The number of rotatable bonds is 9. The monoisotopic (exact) mass is 366 g/mol. The van der Waals surface area contributed by atoms with Gasteiger partial charge in [-0.2, -0.15) is 0 Å². The van der Waals surface area contributed by atoms with E-state index in [2.05, 4.69) is 49.6 Å². The summed E-state index contributed by atoms with van der Waals surface area (Å²) in [4.78, 5) is 45.0. The van der Waals surface area contributed by atoms with E-state index < -0.39 is 35.3 Å². The maximum Gasteiger partial charge on any atom is 0.328 e. The molecule has 0 rings (SSSR count). The van der Waals surface area contributed by atoms with Crippen LogP contribution in [0.15, 0.2) is 20.5 Å². The second-order valence-electron chi connectivity index (χ2n) is 4.51. The summed E-state index contributed by atoms with van der Waals surface area (Å²) in [7, 11) is 0. The van der Waals surface area contributed by atoms with Crippen LogP contribution in [-0.2, 0) is 23.9 Å². The van der Waals surface area contributed by atoms with E-state index in [9.17, 15) is 14.4 Å². The summed E-state index contributed by atoms with van der Waals surface area (Å²) in [5.74, 6) is -11.3. The molecular formula is C9H10N12O5. The molecule has 0 heterocycles. The van der Waals surface area contributed by atoms with Gasteiger partial charge in [0.05, 0.1) is 0 Å². The maximum atomic E-state index is 12.1. The van der Waals surface area contributed by atoms with Gasteiger partial charge in [-0.25, -0.2) is 0 Å². The molecule has 0 aromatic heterocycles. The lowest BCUT2D eigenvalue weighted by atomic mass is 10.1. The Bertz CT molecular complexity index is 700. The molecule has 0 amide bonds. The molecule has 0 aliphatic heterocycles. The van der Waals surface area contributed by atoms with Gasteiger partial charge >= 0.3 is 11.9 Å². The lowest BCUT2D eigenvalue weighted by molar-refractivity contribution is -0.177. The zero-order chi connectivity index (χ0) is 20.4. The Morgan fingerprint density at radius 3 is 1.23 bits per heavy atom. The van der Waals surface area contributed by atoms with E-state index in [4.69, 9.17) is 22.1 Å². The lowest BCUT2D eigenvalue weighted by Gasteiger charge is -2.23. The maximum absolute atomic E-state index is 12.1. The summed E-state index contributed by atoms with van der Waals surface area (Å²) in [5.41, 5.74) is 33.6. The van der Waals surface area contributed by atoms with Gasteiger partial charge in [-0.1, -0.05) is 0 Å². The van der Waals surface area contributed by atoms with Crippen LogP contribution in [0.3, 0.4) is 0 Å². The van der Waals surface area contributed by atoms with Crippen molar-refractivity contribution >= 4 is 17.7 Å². The fourth-order valence-electron chi connectivity index (χ4n) is 1.38. The van der Waals surface area contributed by atoms with Crippen molar-refractivity contribution in [2.75, 3.05) is 0 Å². The minimum atomic E-state index is -2.41. The van der Waals surface area contributed by atoms with E-state index in [1.807, 2.05) is 0 Å². The van der Waals surface area contributed by atoms with Crippen molar-refractivity contribution in [3.05, 3.63) is 41.8 Å². The van der Waals surface area contributed by atoms with Crippen LogP contribution in [-0.4, -0.2) is 29.4 Å². The standard InChI is InChI=1S/C9H10N12O5/c1-4(22)5(6(23)25-8(2,14-18-10)15-19-11)7(24)26-9(3,16-20-12)17-21-13/h5H,1-3H3. The number of Topliss-reactive ketones (excluding diaryl/α,β-unsaturated/α-hetero) is 1. The minimum Gasteiger partial charge on any atom is -0.446 e. The molecule has 0 saturated heterocycles. The fourth-order valence-corrected chi connectivity index (χ4v) is 1.38. The first-order valence-corrected chi connectivity index (χ1v) is 6.29. The molecule has 0 unspecified atom stereocenters. The Morgan fingerprint density at radius 1 is 0.769 bits per heavy atom. The summed E-state index contributed by atoms with van der Waals surface area (Å²) < 4.78 is 9.18. The molecule has 17 nitrogen and oxygen atoms in total. The lowest BCUT2D eigenvalue weighted by Crippen LogP contribution is -2.41. The van der Waals surface area contributed by atoms with Gasteiger partial charge in [-0.3, -0.25) is 14.4 Å². The highest BCUT2D eigenvalue weighted by Crippen LogP contribution is 2.22. The summed E-state index contributed by atoms with van der Waals surface area (Å²) >= 11 is 0. The number of ketones is 1. The minimum absolute atomic E-state index is 0.824. The smallest absolute Gasteiger partial charge is 0.328 e. The summed E-state index contributed by atoms with van der Waals surface area (Å²) in [6.45, 7) is 2.60. The summed E-state index contributed by atoms with van der Waals surface area (Å²) in [6.07, 6.45) is 0. The molecule has 0 atom stereocenters. The van der Waals surface area contributed by atoms with Gasteiger partial charge in [-0.05, 0) is 63.4 Å². The van der Waals surface area contributed by atoms with E-state index in [0.29, 0.717) is 0 Å². The van der Waals surface area contributed by atoms with Gasteiger partial charge in [0, 0.05) is 19.6 Å². The highest BCUT2D eigenvalue weighted by atomic mass is 16.6. The molecule has 0 fully saturated rings. The largest absolute Gasteiger partial charge is 0.446 e. The normalized spacial score (nSPS) is 14.9. The van der Waals surface area contributed by atoms with Crippen molar-refractivity contribution in [2.45, 2.75) is 32.5 Å². The third-order valence-electron chi connectivity index (χ3n) is 2.39. The average molecular weight is 366 g/mol. The Hall–Kier alpha value is -4.15. The Labute approximate surface area is 143 Å². The van der Waals surface area contributed by atoms with Gasteiger partial charge in [-0.15, -0.1) is 0 Å². The molecule has 26 heavy (non-hydrogen) atoms. The highest BCUT2D eigenvalue weighted by molar-refractivity contribution is 6.14. The molecule has 0 saturated carbocycles. The molecule has 136 valence electrons. The molecule has 17 heteroatoms. The van der Waals surface area contributed by atoms with E-state index >= 15 is 0 Å². The van der Waals surface area contributed by atoms with Gasteiger partial charge < -0.3 is 9.47 Å². The topological polar surface area (TPSA) is 265 Å². The fraction of sp³-hybridized carbons (Fsp3) is 0.667. The van der Waals surface area contributed by atoms with Crippen LogP contribution in [0.25, 0.3) is 41.8 Å². The number of carbonyl (C=O) groups is 3. The first-order valence-electron chi connectivity index (χ1n) is 6.29. The van der Waals surface area contributed by atoms with Crippen molar-refractivity contribution in [2.24, 2.45) is 26.4 Å². The Kier molecular flexibility index (Phi) is 7.75. The number of azide groups is 2.